The Balaban J connectivity index is 1.30. The summed E-state index contributed by atoms with van der Waals surface area (Å²) in [6.45, 7) is 2.19. The molecule has 0 bridgehead atoms. The summed E-state index contributed by atoms with van der Waals surface area (Å²) in [6, 6.07) is 25.0. The van der Waals surface area contributed by atoms with Crippen molar-refractivity contribution in [2.24, 2.45) is 74.9 Å². The van der Waals surface area contributed by atoms with Crippen molar-refractivity contribution in [1.29, 1.82) is 0 Å². The standard InChI is InChI=1S/C68H88N12O14/c1-39(2)24-44(65(92)78-54(18-11-23-75-68(73)74)58(85)30-43(63(72)90)25-40-12-5-3-6-13-40)28-50(83)37-77-64(91)45(26-41-14-7-4-8-15-41)32-60(87)56(38-81)80-67(94)47(35-62(71)89)33-59(86)55(29-48-36-76-53-17-10-9-16-51(48)53)79-66(93)46(34-61(70)88)31-57(84)52(69)27-42-19-21-49(82)22-20-42/h3-10,12-17,19-22,36,39,43-47,52,54-56,76,81-82H,11,18,23-35,37-38,69H2,1-2H3,(H2,70,88)(H2,71,89)(H2,72,90)(H,77,91)(H,78,92)(H,79,93)(H,80,94)(H4,73,74,75)/t43-,44-,45-,46+,47+,52+,54+,55+,56+/m1/s1. The molecule has 504 valence electrons. The van der Waals surface area contributed by atoms with Crippen LogP contribution in [0.4, 0.5) is 0 Å². The Morgan fingerprint density at radius 2 is 1.00 bits per heavy atom. The number of rotatable bonds is 43. The minimum Gasteiger partial charge on any atom is -0.508 e. The molecule has 94 heavy (non-hydrogen) atoms. The van der Waals surface area contributed by atoms with Gasteiger partial charge in [-0.1, -0.05) is 105 Å². The van der Waals surface area contributed by atoms with E-state index in [1.165, 1.54) is 12.1 Å². The Morgan fingerprint density at radius 3 is 1.56 bits per heavy atom. The van der Waals surface area contributed by atoms with Crippen molar-refractivity contribution in [1.82, 2.24) is 26.3 Å². The van der Waals surface area contributed by atoms with E-state index in [-0.39, 0.29) is 82.0 Å². The number of phenols is 1. The number of fused-ring (bicyclic) bond motifs is 1. The van der Waals surface area contributed by atoms with Gasteiger partial charge in [0.25, 0.3) is 0 Å². The average molecular weight is 1300 g/mol. The fourth-order valence-electron chi connectivity index (χ4n) is 11.1. The molecule has 5 rings (SSSR count). The van der Waals surface area contributed by atoms with Gasteiger partial charge in [0.2, 0.25) is 41.4 Å². The Morgan fingerprint density at radius 1 is 0.511 bits per heavy atom. The first-order valence-corrected chi connectivity index (χ1v) is 31.2. The summed E-state index contributed by atoms with van der Waals surface area (Å²) in [5.41, 5.74) is 37.4. The number of nitrogens with zero attached hydrogens (tertiary/aromatic N) is 1. The maximum absolute atomic E-state index is 14.6. The lowest BCUT2D eigenvalue weighted by Crippen LogP contribution is -2.50. The predicted octanol–water partition coefficient (Wildman–Crippen LogP) is 1.25. The van der Waals surface area contributed by atoms with E-state index in [9.17, 15) is 67.7 Å². The Bertz CT molecular complexity index is 3460. The number of nitrogens with two attached hydrogens (primary N) is 6. The molecule has 0 unspecified atom stereocenters. The number of hydrogen-bond acceptors (Lipinski definition) is 16. The number of benzene rings is 4. The number of guanidine groups is 1. The maximum atomic E-state index is 14.6. The number of nitrogens with one attached hydrogen (secondary N) is 5. The summed E-state index contributed by atoms with van der Waals surface area (Å²) in [7, 11) is 0. The van der Waals surface area contributed by atoms with E-state index in [1.807, 2.05) is 13.8 Å². The first-order valence-electron chi connectivity index (χ1n) is 31.2. The topological polar surface area (TPSA) is 478 Å². The van der Waals surface area contributed by atoms with Crippen molar-refractivity contribution in [3.05, 3.63) is 138 Å². The molecule has 0 aliphatic carbocycles. The first kappa shape index (κ1) is 74.8. The molecule has 26 nitrogen and oxygen atoms in total. The van der Waals surface area contributed by atoms with Crippen molar-refractivity contribution in [2.75, 3.05) is 19.7 Å². The van der Waals surface area contributed by atoms with E-state index >= 15 is 0 Å². The molecule has 5 aromatic rings. The first-order chi connectivity index (χ1) is 44.7. The number of aromatic nitrogens is 1. The minimum atomic E-state index is -1.72. The van der Waals surface area contributed by atoms with Gasteiger partial charge in [0.1, 0.15) is 11.8 Å². The number of para-hydroxylation sites is 1. The van der Waals surface area contributed by atoms with Crippen molar-refractivity contribution in [3.8, 4) is 5.75 Å². The van der Waals surface area contributed by atoms with Gasteiger partial charge < -0.3 is 70.9 Å². The Kier molecular flexibility index (Phi) is 29.9. The van der Waals surface area contributed by atoms with Gasteiger partial charge in [-0.2, -0.15) is 0 Å². The third kappa shape index (κ3) is 25.3. The maximum Gasteiger partial charge on any atom is 0.224 e. The van der Waals surface area contributed by atoms with E-state index in [1.54, 1.807) is 103 Å². The molecule has 0 saturated heterocycles. The number of primary amides is 3. The van der Waals surface area contributed by atoms with E-state index in [0.717, 1.165) is 5.56 Å². The molecule has 0 aliphatic heterocycles. The highest BCUT2D eigenvalue weighted by Crippen LogP contribution is 2.25. The zero-order chi connectivity index (χ0) is 69.0. The second kappa shape index (κ2) is 37.5. The minimum absolute atomic E-state index is 0.00943. The molecular weight excluding hydrogens is 1210 g/mol. The smallest absolute Gasteiger partial charge is 0.224 e. The van der Waals surface area contributed by atoms with Gasteiger partial charge in [-0.15, -0.1) is 0 Å². The third-order valence-electron chi connectivity index (χ3n) is 16.1. The molecule has 0 spiro atoms. The second-order valence-electron chi connectivity index (χ2n) is 24.2. The molecule has 1 heterocycles. The number of carbonyl (C=O) groups excluding carboxylic acids is 12. The number of aromatic hydroxyl groups is 1. The number of H-pyrrole nitrogens is 1. The number of aliphatic imine (C=N–C) groups is 1. The Hall–Kier alpha value is -9.95. The summed E-state index contributed by atoms with van der Waals surface area (Å²) < 4.78 is 0. The number of aromatic amines is 1. The summed E-state index contributed by atoms with van der Waals surface area (Å²) in [6.07, 6.45) is -1.93. The summed E-state index contributed by atoms with van der Waals surface area (Å²) in [5.74, 6) is -15.9. The zero-order valence-corrected chi connectivity index (χ0v) is 53.0. The quantitative estimate of drug-likeness (QED) is 0.0148. The van der Waals surface area contributed by atoms with E-state index in [0.29, 0.717) is 27.6 Å². The van der Waals surface area contributed by atoms with Crippen LogP contribution < -0.4 is 55.7 Å². The molecule has 26 heteroatoms. The van der Waals surface area contributed by atoms with Crippen molar-refractivity contribution in [3.63, 3.8) is 0 Å². The summed E-state index contributed by atoms with van der Waals surface area (Å²) in [5, 5.41) is 31.4. The molecule has 0 radical (unpaired) electrons. The van der Waals surface area contributed by atoms with Gasteiger partial charge in [-0.05, 0) is 84.9 Å². The van der Waals surface area contributed by atoms with Crippen LogP contribution in [0.3, 0.4) is 0 Å². The molecule has 7 amide bonds. The van der Waals surface area contributed by atoms with E-state index in [4.69, 9.17) is 34.4 Å². The van der Waals surface area contributed by atoms with Crippen LogP contribution >= 0.6 is 0 Å². The van der Waals surface area contributed by atoms with Gasteiger partial charge in [0.05, 0.1) is 43.1 Å². The van der Waals surface area contributed by atoms with Crippen molar-refractivity contribution < 1.29 is 67.7 Å². The summed E-state index contributed by atoms with van der Waals surface area (Å²) in [4.78, 5) is 171. The van der Waals surface area contributed by atoms with Gasteiger partial charge >= 0.3 is 0 Å². The molecule has 0 aliphatic rings. The highest BCUT2D eigenvalue weighted by molar-refractivity contribution is 6.00. The third-order valence-corrected chi connectivity index (χ3v) is 16.1. The highest BCUT2D eigenvalue weighted by Gasteiger charge is 2.36. The van der Waals surface area contributed by atoms with Crippen LogP contribution in [0.1, 0.15) is 100 Å². The van der Waals surface area contributed by atoms with Gasteiger partial charge in [0.15, 0.2) is 34.9 Å². The van der Waals surface area contributed by atoms with Crippen molar-refractivity contribution in [2.45, 2.75) is 128 Å². The zero-order valence-electron chi connectivity index (χ0n) is 53.0. The molecule has 19 N–H and O–H groups in total. The predicted molar refractivity (Wildman–Crippen MR) is 350 cm³/mol. The number of hydrogen-bond donors (Lipinski definition) is 13. The van der Waals surface area contributed by atoms with Crippen molar-refractivity contribution >= 4 is 87.1 Å². The normalized spacial score (nSPS) is 14.1. The molecular formula is C68H88N12O14. The number of aliphatic hydroxyl groups is 1. The number of aliphatic hydroxyl groups excluding tert-OH is 1. The van der Waals surface area contributed by atoms with Crippen LogP contribution in [-0.2, 0) is 83.2 Å². The molecule has 9 atom stereocenters. The molecule has 0 saturated carbocycles. The number of amides is 7. The van der Waals surface area contributed by atoms with E-state index < -0.39 is 169 Å². The van der Waals surface area contributed by atoms with Crippen LogP contribution in [0.25, 0.3) is 10.9 Å². The number of carbonyl (C=O) groups is 12. The summed E-state index contributed by atoms with van der Waals surface area (Å²) >= 11 is 0. The van der Waals surface area contributed by atoms with Crippen LogP contribution in [0.15, 0.2) is 120 Å². The second-order valence-corrected chi connectivity index (χ2v) is 24.2. The Labute approximate surface area is 544 Å². The van der Waals surface area contributed by atoms with E-state index in [2.05, 4.69) is 31.2 Å². The molecule has 4 aromatic carbocycles. The number of phenolic OH excluding ortho intramolecular Hbond substituents is 1. The lowest BCUT2D eigenvalue weighted by atomic mass is 9.88. The van der Waals surface area contributed by atoms with Crippen LogP contribution in [0.2, 0.25) is 0 Å². The lowest BCUT2D eigenvalue weighted by molar-refractivity contribution is -0.137. The fourth-order valence-corrected chi connectivity index (χ4v) is 11.1. The van der Waals surface area contributed by atoms with Crippen LogP contribution in [-0.4, -0.2) is 135 Å². The fraction of sp³-hybridized carbons (Fsp3) is 0.426. The number of ketones is 5. The lowest BCUT2D eigenvalue weighted by Gasteiger charge is -2.25. The average Bonchev–Trinajstić information content (AvgIpc) is 2.13. The van der Waals surface area contributed by atoms with Gasteiger partial charge in [-0.25, -0.2) is 0 Å². The highest BCUT2D eigenvalue weighted by atomic mass is 16.3. The van der Waals surface area contributed by atoms with Gasteiger partial charge in [-0.3, -0.25) is 62.5 Å². The van der Waals surface area contributed by atoms with Crippen LogP contribution in [0.5, 0.6) is 5.75 Å². The van der Waals surface area contributed by atoms with Gasteiger partial charge in [0, 0.05) is 92.8 Å². The monoisotopic (exact) mass is 1300 g/mol. The molecule has 0 fully saturated rings. The van der Waals surface area contributed by atoms with Crippen LogP contribution in [0, 0.1) is 35.5 Å². The number of Topliss-reactive ketones (excluding diaryl/α,β-unsaturated/α-hetero) is 5. The molecule has 1 aromatic heterocycles. The largest absolute Gasteiger partial charge is 0.508 e. The SMILES string of the molecule is CC(C)C[C@H](CC(=O)CNC(=O)[C@@H](CC(=O)[C@H](CO)NC(=O)[C@H](CC(N)=O)CC(=O)[C@H](Cc1c[nH]c2ccccc12)NC(=O)[C@H](CC(N)=O)CC(=O)[C@@H](N)Cc1ccc(O)cc1)Cc1ccccc1)C(=O)N[C@@H](CCCN=C(N)N)C(=O)C[C@@H](Cc1ccccc1)C(N)=O.